The van der Waals surface area contributed by atoms with Crippen LogP contribution in [0.15, 0.2) is 42.5 Å². The number of halogens is 1. The number of thiophene rings is 1. The molecule has 2 aromatic carbocycles. The van der Waals surface area contributed by atoms with E-state index in [2.05, 4.69) is 10.3 Å². The van der Waals surface area contributed by atoms with Gasteiger partial charge >= 0.3 is 0 Å². The van der Waals surface area contributed by atoms with E-state index < -0.39 is 0 Å². The van der Waals surface area contributed by atoms with Gasteiger partial charge in [-0.15, -0.1) is 11.3 Å². The minimum Gasteiger partial charge on any atom is -0.454 e. The number of nitrogen functional groups attached to an aromatic ring is 1. The molecule has 0 atom stereocenters. The first kappa shape index (κ1) is 15.8. The van der Waals surface area contributed by atoms with Gasteiger partial charge in [-0.3, -0.25) is 4.79 Å². The number of hydrogen-bond acceptors (Lipinski definition) is 6. The molecule has 1 aliphatic heterocycles. The number of nitrogens with one attached hydrogen (secondary N) is 1. The van der Waals surface area contributed by atoms with E-state index in [1.807, 2.05) is 18.2 Å². The van der Waals surface area contributed by atoms with Crippen molar-refractivity contribution in [2.45, 2.75) is 0 Å². The lowest BCUT2D eigenvalue weighted by molar-refractivity contribution is 0.103. The van der Waals surface area contributed by atoms with Gasteiger partial charge in [0, 0.05) is 22.5 Å². The van der Waals surface area contributed by atoms with E-state index in [0.29, 0.717) is 38.0 Å². The van der Waals surface area contributed by atoms with Crippen molar-refractivity contribution in [3.8, 4) is 11.5 Å². The molecule has 5 rings (SSSR count). The molecular weight excluding hydrogens is 369 g/mol. The summed E-state index contributed by atoms with van der Waals surface area (Å²) in [6, 6.07) is 11.1. The van der Waals surface area contributed by atoms with Gasteiger partial charge in [0.2, 0.25) is 6.79 Å². The number of aromatic nitrogens is 1. The van der Waals surface area contributed by atoms with Gasteiger partial charge < -0.3 is 20.5 Å². The summed E-state index contributed by atoms with van der Waals surface area (Å²) in [5.74, 6) is 0.574. The van der Waals surface area contributed by atoms with E-state index in [4.69, 9.17) is 15.2 Å². The number of pyridine rings is 1. The first-order valence-electron chi connectivity index (χ1n) is 8.08. The second-order valence-electron chi connectivity index (χ2n) is 6.05. The Balaban J connectivity index is 1.56. The number of amides is 1. The third kappa shape index (κ3) is 2.61. The number of rotatable bonds is 2. The zero-order chi connectivity index (χ0) is 18.5. The Labute approximate surface area is 156 Å². The van der Waals surface area contributed by atoms with Crippen LogP contribution in [0.4, 0.5) is 15.8 Å². The number of carbonyl (C=O) groups excluding carboxylic acids is 1. The standard InChI is InChI=1S/C19H12FN3O3S/c20-10-1-3-11(4-2-10)22-18(24)17-16(21)12-5-9-6-14-15(26-8-25-14)7-13(9)23-19(12)27-17/h1-7H,8,21H2,(H,22,24). The van der Waals surface area contributed by atoms with E-state index in [0.717, 1.165) is 10.9 Å². The molecule has 0 radical (unpaired) electrons. The lowest BCUT2D eigenvalue weighted by atomic mass is 10.1. The van der Waals surface area contributed by atoms with Gasteiger partial charge in [-0.25, -0.2) is 9.37 Å². The minimum absolute atomic E-state index is 0.190. The first-order chi connectivity index (χ1) is 13.1. The van der Waals surface area contributed by atoms with E-state index in [1.54, 1.807) is 0 Å². The highest BCUT2D eigenvalue weighted by molar-refractivity contribution is 7.21. The Hall–Kier alpha value is -3.39. The third-order valence-corrected chi connectivity index (χ3v) is 5.43. The molecule has 0 saturated heterocycles. The Kier molecular flexibility index (Phi) is 3.41. The number of carbonyl (C=O) groups is 1. The van der Waals surface area contributed by atoms with Gasteiger partial charge in [-0.1, -0.05) is 0 Å². The fourth-order valence-electron chi connectivity index (χ4n) is 2.98. The van der Waals surface area contributed by atoms with Crippen molar-refractivity contribution in [3.63, 3.8) is 0 Å². The second-order valence-corrected chi connectivity index (χ2v) is 7.04. The summed E-state index contributed by atoms with van der Waals surface area (Å²) < 4.78 is 23.8. The van der Waals surface area contributed by atoms with Crippen LogP contribution in [0, 0.1) is 5.82 Å². The van der Waals surface area contributed by atoms with Crippen LogP contribution in [0.2, 0.25) is 0 Å². The Bertz CT molecular complexity index is 1220. The number of nitrogens with zero attached hydrogens (tertiary/aromatic N) is 1. The van der Waals surface area contributed by atoms with Crippen molar-refractivity contribution in [2.75, 3.05) is 17.8 Å². The summed E-state index contributed by atoms with van der Waals surface area (Å²) >= 11 is 1.21. The maximum atomic E-state index is 13.0. The minimum atomic E-state index is -0.370. The summed E-state index contributed by atoms with van der Waals surface area (Å²) in [5, 5.41) is 4.28. The normalized spacial score (nSPS) is 12.6. The van der Waals surface area contributed by atoms with Crippen molar-refractivity contribution in [1.29, 1.82) is 0 Å². The molecule has 1 aliphatic rings. The van der Waals surface area contributed by atoms with Crippen molar-refractivity contribution in [1.82, 2.24) is 4.98 Å². The molecule has 0 saturated carbocycles. The molecule has 0 spiro atoms. The lowest BCUT2D eigenvalue weighted by Crippen LogP contribution is -2.11. The van der Waals surface area contributed by atoms with Crippen LogP contribution in [0.3, 0.4) is 0 Å². The molecule has 134 valence electrons. The predicted octanol–water partition coefficient (Wildman–Crippen LogP) is 4.15. The zero-order valence-electron chi connectivity index (χ0n) is 13.8. The fraction of sp³-hybridized carbons (Fsp3) is 0.0526. The van der Waals surface area contributed by atoms with Gasteiger partial charge in [0.15, 0.2) is 11.5 Å². The molecule has 0 unspecified atom stereocenters. The van der Waals surface area contributed by atoms with Crippen LogP contribution >= 0.6 is 11.3 Å². The van der Waals surface area contributed by atoms with Crippen LogP contribution in [-0.2, 0) is 0 Å². The summed E-state index contributed by atoms with van der Waals surface area (Å²) in [6.07, 6.45) is 0. The molecule has 0 fully saturated rings. The zero-order valence-corrected chi connectivity index (χ0v) is 14.6. The molecule has 4 aromatic rings. The van der Waals surface area contributed by atoms with Crippen molar-refractivity contribution < 1.29 is 18.7 Å². The number of ether oxygens (including phenoxy) is 2. The topological polar surface area (TPSA) is 86.5 Å². The number of hydrogen-bond donors (Lipinski definition) is 2. The molecule has 3 N–H and O–H groups in total. The SMILES string of the molecule is Nc1c(C(=O)Nc2ccc(F)cc2)sc2nc3cc4c(cc3cc12)OCO4. The molecule has 1 amide bonds. The number of anilines is 2. The second kappa shape index (κ2) is 5.82. The van der Waals surface area contributed by atoms with Gasteiger partial charge in [-0.05, 0) is 36.4 Å². The van der Waals surface area contributed by atoms with E-state index >= 15 is 0 Å². The average Bonchev–Trinajstić information content (AvgIpc) is 3.24. The van der Waals surface area contributed by atoms with Gasteiger partial charge in [-0.2, -0.15) is 0 Å². The molecule has 0 aliphatic carbocycles. The predicted molar refractivity (Wildman–Crippen MR) is 102 cm³/mol. The lowest BCUT2D eigenvalue weighted by Gasteiger charge is -2.04. The molecule has 2 aromatic heterocycles. The Morgan fingerprint density at radius 2 is 1.89 bits per heavy atom. The summed E-state index contributed by atoms with van der Waals surface area (Å²) in [4.78, 5) is 18.2. The number of fused-ring (bicyclic) bond motifs is 3. The highest BCUT2D eigenvalue weighted by atomic mass is 32.1. The number of nitrogens with two attached hydrogens (primary N) is 1. The molecular formula is C19H12FN3O3S. The molecule has 3 heterocycles. The van der Waals surface area contributed by atoms with Crippen LogP contribution in [-0.4, -0.2) is 17.7 Å². The third-order valence-electron chi connectivity index (χ3n) is 4.32. The highest BCUT2D eigenvalue weighted by Gasteiger charge is 2.20. The largest absolute Gasteiger partial charge is 0.454 e. The van der Waals surface area contributed by atoms with Crippen molar-refractivity contribution >= 4 is 49.7 Å². The molecule has 0 bridgehead atoms. The van der Waals surface area contributed by atoms with Crippen LogP contribution in [0.1, 0.15) is 9.67 Å². The van der Waals surface area contributed by atoms with Crippen molar-refractivity contribution in [3.05, 3.63) is 53.2 Å². The van der Waals surface area contributed by atoms with Gasteiger partial charge in [0.1, 0.15) is 15.5 Å². The molecule has 8 heteroatoms. The maximum Gasteiger partial charge on any atom is 0.267 e. The first-order valence-corrected chi connectivity index (χ1v) is 8.89. The quantitative estimate of drug-likeness (QED) is 0.545. The van der Waals surface area contributed by atoms with Crippen LogP contribution in [0.25, 0.3) is 21.1 Å². The van der Waals surface area contributed by atoms with E-state index in [1.165, 1.54) is 35.6 Å². The fourth-order valence-corrected chi connectivity index (χ4v) is 3.96. The van der Waals surface area contributed by atoms with E-state index in [-0.39, 0.29) is 18.5 Å². The van der Waals surface area contributed by atoms with Crippen LogP contribution < -0.4 is 20.5 Å². The Morgan fingerprint density at radius 3 is 2.67 bits per heavy atom. The smallest absolute Gasteiger partial charge is 0.267 e. The monoisotopic (exact) mass is 381 g/mol. The molecule has 27 heavy (non-hydrogen) atoms. The average molecular weight is 381 g/mol. The Morgan fingerprint density at radius 1 is 1.15 bits per heavy atom. The maximum absolute atomic E-state index is 13.0. The van der Waals surface area contributed by atoms with Crippen molar-refractivity contribution in [2.24, 2.45) is 0 Å². The molecule has 6 nitrogen and oxygen atoms in total. The van der Waals surface area contributed by atoms with Crippen LogP contribution in [0.5, 0.6) is 11.5 Å². The van der Waals surface area contributed by atoms with Gasteiger partial charge in [0.25, 0.3) is 5.91 Å². The number of benzene rings is 2. The summed E-state index contributed by atoms with van der Waals surface area (Å²) in [7, 11) is 0. The van der Waals surface area contributed by atoms with Gasteiger partial charge in [0.05, 0.1) is 11.2 Å². The summed E-state index contributed by atoms with van der Waals surface area (Å²) in [6.45, 7) is 0.190. The van der Waals surface area contributed by atoms with E-state index in [9.17, 15) is 9.18 Å². The highest BCUT2D eigenvalue weighted by Crippen LogP contribution is 2.39. The summed E-state index contributed by atoms with van der Waals surface area (Å²) in [5.41, 5.74) is 7.80.